The minimum atomic E-state index is 0.0349. The number of aliphatic hydroxyl groups excluding tert-OH is 1. The van der Waals surface area contributed by atoms with E-state index in [1.165, 1.54) is 0 Å². The van der Waals surface area contributed by atoms with Crippen LogP contribution in [-0.2, 0) is 0 Å². The van der Waals surface area contributed by atoms with E-state index in [4.69, 9.17) is 5.11 Å². The number of ketones is 1. The highest BCUT2D eigenvalue weighted by atomic mass is 79.9. The molecule has 0 aromatic heterocycles. The second kappa shape index (κ2) is 6.01. The molecular formula is C12H16BrNO2. The maximum Gasteiger partial charge on any atom is 0.161 e. The molecule has 16 heavy (non-hydrogen) atoms. The molecule has 0 spiro atoms. The summed E-state index contributed by atoms with van der Waals surface area (Å²) in [5.74, 6) is 0.0349. The molecule has 0 bridgehead atoms. The van der Waals surface area contributed by atoms with Crippen molar-refractivity contribution < 1.29 is 9.90 Å². The van der Waals surface area contributed by atoms with Crippen molar-refractivity contribution in [3.8, 4) is 0 Å². The standard InChI is InChI=1S/C12H16BrNO2/c1-3-14(6-7-15)12-5-4-10(13)8-11(12)9(2)16/h4-5,8,15H,3,6-7H2,1-2H3. The lowest BCUT2D eigenvalue weighted by Crippen LogP contribution is -2.27. The highest BCUT2D eigenvalue weighted by molar-refractivity contribution is 9.10. The minimum Gasteiger partial charge on any atom is -0.395 e. The molecule has 88 valence electrons. The van der Waals surface area contributed by atoms with Crippen molar-refractivity contribution >= 4 is 27.4 Å². The lowest BCUT2D eigenvalue weighted by atomic mass is 10.1. The van der Waals surface area contributed by atoms with E-state index < -0.39 is 0 Å². The molecule has 0 aliphatic rings. The lowest BCUT2D eigenvalue weighted by molar-refractivity contribution is 0.101. The Hall–Kier alpha value is -0.870. The van der Waals surface area contributed by atoms with Crippen molar-refractivity contribution in [1.82, 2.24) is 0 Å². The second-order valence-electron chi connectivity index (χ2n) is 3.52. The second-order valence-corrected chi connectivity index (χ2v) is 4.44. The number of Topliss-reactive ketones (excluding diaryl/α,β-unsaturated/α-hetero) is 1. The monoisotopic (exact) mass is 285 g/mol. The predicted octanol–water partition coefficient (Wildman–Crippen LogP) is 2.47. The molecule has 0 unspecified atom stereocenters. The molecule has 0 aliphatic carbocycles. The Morgan fingerprint density at radius 1 is 1.50 bits per heavy atom. The number of nitrogens with zero attached hydrogens (tertiary/aromatic N) is 1. The minimum absolute atomic E-state index is 0.0349. The van der Waals surface area contributed by atoms with Crippen LogP contribution in [-0.4, -0.2) is 30.6 Å². The van der Waals surface area contributed by atoms with Gasteiger partial charge in [-0.15, -0.1) is 0 Å². The quantitative estimate of drug-likeness (QED) is 0.845. The van der Waals surface area contributed by atoms with Gasteiger partial charge < -0.3 is 10.0 Å². The van der Waals surface area contributed by atoms with Crippen molar-refractivity contribution in [2.45, 2.75) is 13.8 Å². The van der Waals surface area contributed by atoms with E-state index in [2.05, 4.69) is 15.9 Å². The average molecular weight is 286 g/mol. The molecule has 0 saturated heterocycles. The van der Waals surface area contributed by atoms with Gasteiger partial charge in [0.15, 0.2) is 5.78 Å². The molecule has 0 atom stereocenters. The molecular weight excluding hydrogens is 270 g/mol. The fourth-order valence-electron chi connectivity index (χ4n) is 1.64. The fraction of sp³-hybridized carbons (Fsp3) is 0.417. The van der Waals surface area contributed by atoms with Gasteiger partial charge in [0.25, 0.3) is 0 Å². The SMILES string of the molecule is CCN(CCO)c1ccc(Br)cc1C(C)=O. The predicted molar refractivity (Wildman–Crippen MR) is 69.1 cm³/mol. The van der Waals surface area contributed by atoms with Crippen LogP contribution in [0.2, 0.25) is 0 Å². The zero-order chi connectivity index (χ0) is 12.1. The molecule has 1 N–H and O–H groups in total. The Kier molecular flexibility index (Phi) is 4.96. The van der Waals surface area contributed by atoms with Crippen LogP contribution in [0.25, 0.3) is 0 Å². The highest BCUT2D eigenvalue weighted by Gasteiger charge is 2.12. The molecule has 3 nitrogen and oxygen atoms in total. The smallest absolute Gasteiger partial charge is 0.161 e. The van der Waals surface area contributed by atoms with Crippen molar-refractivity contribution in [1.29, 1.82) is 0 Å². The van der Waals surface area contributed by atoms with Gasteiger partial charge in [-0.1, -0.05) is 15.9 Å². The maximum absolute atomic E-state index is 11.5. The zero-order valence-corrected chi connectivity index (χ0v) is 11.1. The number of aliphatic hydroxyl groups is 1. The first-order valence-electron chi connectivity index (χ1n) is 5.26. The van der Waals surface area contributed by atoms with E-state index in [1.807, 2.05) is 30.0 Å². The molecule has 0 radical (unpaired) electrons. The van der Waals surface area contributed by atoms with Gasteiger partial charge in [0.1, 0.15) is 0 Å². The first-order chi connectivity index (χ1) is 7.60. The third-order valence-electron chi connectivity index (χ3n) is 2.43. The lowest BCUT2D eigenvalue weighted by Gasteiger charge is -2.24. The van der Waals surface area contributed by atoms with E-state index in [0.29, 0.717) is 12.1 Å². The number of rotatable bonds is 5. The number of benzene rings is 1. The largest absolute Gasteiger partial charge is 0.395 e. The number of hydrogen-bond acceptors (Lipinski definition) is 3. The van der Waals surface area contributed by atoms with Crippen LogP contribution in [0.5, 0.6) is 0 Å². The summed E-state index contributed by atoms with van der Waals surface area (Å²) in [6.07, 6.45) is 0. The Balaban J connectivity index is 3.14. The first-order valence-corrected chi connectivity index (χ1v) is 6.05. The van der Waals surface area contributed by atoms with Crippen LogP contribution in [0.15, 0.2) is 22.7 Å². The van der Waals surface area contributed by atoms with Crippen LogP contribution in [0.1, 0.15) is 24.2 Å². The molecule has 0 fully saturated rings. The normalized spacial score (nSPS) is 10.2. The summed E-state index contributed by atoms with van der Waals surface area (Å²) in [4.78, 5) is 13.5. The van der Waals surface area contributed by atoms with Gasteiger partial charge >= 0.3 is 0 Å². The van der Waals surface area contributed by atoms with E-state index in [1.54, 1.807) is 6.92 Å². The van der Waals surface area contributed by atoms with E-state index in [-0.39, 0.29) is 12.4 Å². The maximum atomic E-state index is 11.5. The van der Waals surface area contributed by atoms with E-state index in [9.17, 15) is 4.79 Å². The zero-order valence-electron chi connectivity index (χ0n) is 9.53. The molecule has 0 aliphatic heterocycles. The van der Waals surface area contributed by atoms with Gasteiger partial charge in [0.05, 0.1) is 6.61 Å². The molecule has 0 amide bonds. The van der Waals surface area contributed by atoms with Gasteiger partial charge in [-0.25, -0.2) is 0 Å². The number of halogens is 1. The van der Waals surface area contributed by atoms with Gasteiger partial charge in [-0.05, 0) is 32.0 Å². The molecule has 1 rings (SSSR count). The summed E-state index contributed by atoms with van der Waals surface area (Å²) in [5, 5.41) is 8.98. The number of anilines is 1. The summed E-state index contributed by atoms with van der Waals surface area (Å²) in [6.45, 7) is 4.95. The first kappa shape index (κ1) is 13.2. The van der Waals surface area contributed by atoms with E-state index >= 15 is 0 Å². The number of carbonyl (C=O) groups excluding carboxylic acids is 1. The third kappa shape index (κ3) is 3.06. The summed E-state index contributed by atoms with van der Waals surface area (Å²) < 4.78 is 0.890. The van der Waals surface area contributed by atoms with Crippen LogP contribution >= 0.6 is 15.9 Å². The fourth-order valence-corrected chi connectivity index (χ4v) is 2.00. The van der Waals surface area contributed by atoms with Gasteiger partial charge in [-0.3, -0.25) is 4.79 Å². The Labute approximate surface area is 104 Å². The van der Waals surface area contributed by atoms with Gasteiger partial charge in [0.2, 0.25) is 0 Å². The van der Waals surface area contributed by atoms with Crippen molar-refractivity contribution in [3.63, 3.8) is 0 Å². The van der Waals surface area contributed by atoms with Crippen molar-refractivity contribution in [2.75, 3.05) is 24.6 Å². The highest BCUT2D eigenvalue weighted by Crippen LogP contribution is 2.24. The van der Waals surface area contributed by atoms with Crippen molar-refractivity contribution in [3.05, 3.63) is 28.2 Å². The molecule has 4 heteroatoms. The summed E-state index contributed by atoms with van der Waals surface area (Å²) in [5.41, 5.74) is 1.57. The van der Waals surface area contributed by atoms with Gasteiger partial charge in [-0.2, -0.15) is 0 Å². The Morgan fingerprint density at radius 2 is 2.19 bits per heavy atom. The van der Waals surface area contributed by atoms with Crippen LogP contribution < -0.4 is 4.90 Å². The van der Waals surface area contributed by atoms with Crippen molar-refractivity contribution in [2.24, 2.45) is 0 Å². The third-order valence-corrected chi connectivity index (χ3v) is 2.92. The topological polar surface area (TPSA) is 40.5 Å². The van der Waals surface area contributed by atoms with Crippen LogP contribution in [0, 0.1) is 0 Å². The number of hydrogen-bond donors (Lipinski definition) is 1. The molecule has 1 aromatic rings. The number of carbonyl (C=O) groups is 1. The summed E-state index contributed by atoms with van der Waals surface area (Å²) >= 11 is 3.35. The van der Waals surface area contributed by atoms with Crippen LogP contribution in [0.3, 0.4) is 0 Å². The number of likely N-dealkylation sites (N-methyl/N-ethyl adjacent to an activating group) is 1. The van der Waals surface area contributed by atoms with Crippen LogP contribution in [0.4, 0.5) is 5.69 Å². The Bertz CT molecular complexity index is 379. The molecule has 0 saturated carbocycles. The molecule has 1 aromatic carbocycles. The van der Waals surface area contributed by atoms with E-state index in [0.717, 1.165) is 16.7 Å². The molecule has 0 heterocycles. The average Bonchev–Trinajstić information content (AvgIpc) is 2.26. The summed E-state index contributed by atoms with van der Waals surface area (Å²) in [7, 11) is 0. The Morgan fingerprint density at radius 3 is 2.69 bits per heavy atom. The summed E-state index contributed by atoms with van der Waals surface area (Å²) in [6, 6.07) is 5.62. The van der Waals surface area contributed by atoms with Gasteiger partial charge in [0, 0.05) is 28.8 Å².